The zero-order chi connectivity index (χ0) is 15.4. The quantitative estimate of drug-likeness (QED) is 0.845. The molecule has 0 radical (unpaired) electrons. The van der Waals surface area contributed by atoms with Crippen LogP contribution in [-0.2, 0) is 18.4 Å². The Labute approximate surface area is 120 Å². The van der Waals surface area contributed by atoms with Gasteiger partial charge < -0.3 is 5.32 Å². The Morgan fingerprint density at radius 2 is 1.95 bits per heavy atom. The van der Waals surface area contributed by atoms with Crippen molar-refractivity contribution < 1.29 is 4.79 Å². The third-order valence-corrected chi connectivity index (χ3v) is 3.16. The van der Waals surface area contributed by atoms with Crippen LogP contribution in [0.25, 0.3) is 0 Å². The van der Waals surface area contributed by atoms with Gasteiger partial charge in [0.05, 0.1) is 6.04 Å². The van der Waals surface area contributed by atoms with Crippen molar-refractivity contribution in [3.05, 3.63) is 63.2 Å². The van der Waals surface area contributed by atoms with E-state index in [1.54, 1.807) is 12.4 Å². The van der Waals surface area contributed by atoms with Crippen molar-refractivity contribution in [1.29, 1.82) is 0 Å². The van der Waals surface area contributed by atoms with E-state index in [2.05, 4.69) is 10.3 Å². The summed E-state index contributed by atoms with van der Waals surface area (Å²) in [5.74, 6) is -0.305. The predicted molar refractivity (Wildman–Crippen MR) is 76.7 cm³/mol. The van der Waals surface area contributed by atoms with Gasteiger partial charge >= 0.3 is 5.69 Å². The SMILES string of the molecule is CC(NC(=O)Cn1ccc(=O)n(C)c1=O)c1ccncc1. The number of carbonyl (C=O) groups excluding carboxylic acids is 1. The number of hydrogen-bond donors (Lipinski definition) is 1. The maximum absolute atomic E-state index is 12.0. The largest absolute Gasteiger partial charge is 0.348 e. The predicted octanol–water partition coefficient (Wildman–Crippen LogP) is -0.181. The molecule has 21 heavy (non-hydrogen) atoms. The third kappa shape index (κ3) is 3.44. The Morgan fingerprint density at radius 3 is 2.62 bits per heavy atom. The number of nitrogens with zero attached hydrogens (tertiary/aromatic N) is 3. The zero-order valence-corrected chi connectivity index (χ0v) is 11.8. The van der Waals surface area contributed by atoms with Gasteiger partial charge in [-0.2, -0.15) is 0 Å². The molecule has 1 amide bonds. The van der Waals surface area contributed by atoms with Crippen LogP contribution in [0.3, 0.4) is 0 Å². The molecule has 0 saturated carbocycles. The van der Waals surface area contributed by atoms with Crippen LogP contribution in [0.15, 0.2) is 46.4 Å². The smallest absolute Gasteiger partial charge is 0.331 e. The van der Waals surface area contributed by atoms with Crippen molar-refractivity contribution in [1.82, 2.24) is 19.4 Å². The average molecular weight is 288 g/mol. The zero-order valence-electron chi connectivity index (χ0n) is 11.8. The molecule has 0 aliphatic heterocycles. The number of carbonyl (C=O) groups is 1. The number of nitrogens with one attached hydrogen (secondary N) is 1. The number of pyridine rings is 1. The standard InChI is InChI=1S/C14H16N4O3/c1-10(11-3-6-15-7-4-11)16-12(19)9-18-8-5-13(20)17(2)14(18)21/h3-8,10H,9H2,1-2H3,(H,16,19). The van der Waals surface area contributed by atoms with Crippen molar-refractivity contribution >= 4 is 5.91 Å². The second-order valence-electron chi connectivity index (χ2n) is 4.69. The topological polar surface area (TPSA) is 86.0 Å². The monoisotopic (exact) mass is 288 g/mol. The van der Waals surface area contributed by atoms with E-state index in [0.717, 1.165) is 10.1 Å². The lowest BCUT2D eigenvalue weighted by Crippen LogP contribution is -2.40. The molecule has 0 fully saturated rings. The van der Waals surface area contributed by atoms with Crippen LogP contribution in [0.4, 0.5) is 0 Å². The van der Waals surface area contributed by atoms with Gasteiger partial charge in [0.1, 0.15) is 6.54 Å². The number of amides is 1. The van der Waals surface area contributed by atoms with Crippen molar-refractivity contribution in [3.8, 4) is 0 Å². The fraction of sp³-hybridized carbons (Fsp3) is 0.286. The van der Waals surface area contributed by atoms with Gasteiger partial charge in [0.25, 0.3) is 5.56 Å². The summed E-state index contributed by atoms with van der Waals surface area (Å²) >= 11 is 0. The highest BCUT2D eigenvalue weighted by molar-refractivity contribution is 5.76. The van der Waals surface area contributed by atoms with E-state index in [1.165, 1.54) is 23.9 Å². The summed E-state index contributed by atoms with van der Waals surface area (Å²) in [6.45, 7) is 1.71. The van der Waals surface area contributed by atoms with Crippen molar-refractivity contribution in [2.24, 2.45) is 7.05 Å². The van der Waals surface area contributed by atoms with E-state index in [1.807, 2.05) is 19.1 Å². The second kappa shape index (κ2) is 6.17. The molecular formula is C14H16N4O3. The molecule has 2 aromatic heterocycles. The van der Waals surface area contributed by atoms with Crippen molar-refractivity contribution in [3.63, 3.8) is 0 Å². The lowest BCUT2D eigenvalue weighted by Gasteiger charge is -2.14. The summed E-state index contributed by atoms with van der Waals surface area (Å²) in [4.78, 5) is 39.0. The van der Waals surface area contributed by atoms with Crippen LogP contribution in [0, 0.1) is 0 Å². The van der Waals surface area contributed by atoms with E-state index in [4.69, 9.17) is 0 Å². The van der Waals surface area contributed by atoms with Gasteiger partial charge in [-0.05, 0) is 24.6 Å². The summed E-state index contributed by atoms with van der Waals surface area (Å²) in [6, 6.07) is 4.68. The van der Waals surface area contributed by atoms with Crippen molar-refractivity contribution in [2.75, 3.05) is 0 Å². The van der Waals surface area contributed by atoms with E-state index >= 15 is 0 Å². The molecule has 0 saturated heterocycles. The van der Waals surface area contributed by atoms with Crippen LogP contribution >= 0.6 is 0 Å². The van der Waals surface area contributed by atoms with Crippen LogP contribution in [0.1, 0.15) is 18.5 Å². The molecule has 7 nitrogen and oxygen atoms in total. The molecule has 1 unspecified atom stereocenters. The Hall–Kier alpha value is -2.70. The minimum atomic E-state index is -0.519. The lowest BCUT2D eigenvalue weighted by molar-refractivity contribution is -0.122. The molecule has 7 heteroatoms. The highest BCUT2D eigenvalue weighted by atomic mass is 16.2. The van der Waals surface area contributed by atoms with Gasteiger partial charge in [-0.3, -0.25) is 23.7 Å². The molecule has 0 aliphatic carbocycles. The summed E-state index contributed by atoms with van der Waals surface area (Å²) in [5, 5.41) is 2.79. The van der Waals surface area contributed by atoms with Crippen molar-refractivity contribution in [2.45, 2.75) is 19.5 Å². The van der Waals surface area contributed by atoms with Gasteiger partial charge in [0.2, 0.25) is 5.91 Å². The fourth-order valence-corrected chi connectivity index (χ4v) is 1.91. The first kappa shape index (κ1) is 14.7. The molecule has 110 valence electrons. The van der Waals surface area contributed by atoms with Crippen LogP contribution < -0.4 is 16.6 Å². The van der Waals surface area contributed by atoms with Crippen LogP contribution in [0.2, 0.25) is 0 Å². The molecule has 2 heterocycles. The highest BCUT2D eigenvalue weighted by Gasteiger charge is 2.11. The number of hydrogen-bond acceptors (Lipinski definition) is 4. The normalized spacial score (nSPS) is 11.9. The van der Waals surface area contributed by atoms with Gasteiger partial charge in [0.15, 0.2) is 0 Å². The molecule has 2 rings (SSSR count). The Balaban J connectivity index is 2.08. The summed E-state index contributed by atoms with van der Waals surface area (Å²) in [6.07, 6.45) is 4.62. The maximum atomic E-state index is 12.0. The highest BCUT2D eigenvalue weighted by Crippen LogP contribution is 2.09. The Kier molecular flexibility index (Phi) is 4.32. The second-order valence-corrected chi connectivity index (χ2v) is 4.69. The number of rotatable bonds is 4. The van der Waals surface area contributed by atoms with Crippen LogP contribution in [-0.4, -0.2) is 20.0 Å². The molecule has 0 spiro atoms. The first-order valence-electron chi connectivity index (χ1n) is 6.45. The summed E-state index contributed by atoms with van der Waals surface area (Å²) in [7, 11) is 1.37. The molecule has 0 bridgehead atoms. The summed E-state index contributed by atoms with van der Waals surface area (Å²) in [5.41, 5.74) is 0.00202. The van der Waals surface area contributed by atoms with Gasteiger partial charge in [-0.1, -0.05) is 0 Å². The van der Waals surface area contributed by atoms with Gasteiger partial charge in [0, 0.05) is 31.7 Å². The third-order valence-electron chi connectivity index (χ3n) is 3.16. The van der Waals surface area contributed by atoms with Gasteiger partial charge in [-0.15, -0.1) is 0 Å². The first-order chi connectivity index (χ1) is 9.99. The van der Waals surface area contributed by atoms with E-state index in [9.17, 15) is 14.4 Å². The molecule has 2 aromatic rings. The molecule has 0 aromatic carbocycles. The summed E-state index contributed by atoms with van der Waals surface area (Å²) < 4.78 is 2.15. The molecule has 0 aliphatic rings. The molecule has 1 atom stereocenters. The molecule has 1 N–H and O–H groups in total. The Bertz CT molecular complexity index is 749. The lowest BCUT2D eigenvalue weighted by atomic mass is 10.1. The van der Waals surface area contributed by atoms with E-state index < -0.39 is 11.2 Å². The van der Waals surface area contributed by atoms with Gasteiger partial charge in [-0.25, -0.2) is 4.79 Å². The van der Waals surface area contributed by atoms with E-state index in [0.29, 0.717) is 0 Å². The first-order valence-corrected chi connectivity index (χ1v) is 6.45. The number of aromatic nitrogens is 3. The van der Waals surface area contributed by atoms with E-state index in [-0.39, 0.29) is 18.5 Å². The Morgan fingerprint density at radius 1 is 1.29 bits per heavy atom. The maximum Gasteiger partial charge on any atom is 0.331 e. The van der Waals surface area contributed by atoms with Crippen LogP contribution in [0.5, 0.6) is 0 Å². The minimum Gasteiger partial charge on any atom is -0.348 e. The minimum absolute atomic E-state index is 0.137. The molecular weight excluding hydrogens is 272 g/mol. The fourth-order valence-electron chi connectivity index (χ4n) is 1.91. The average Bonchev–Trinajstić information content (AvgIpc) is 2.49.